The van der Waals surface area contributed by atoms with Crippen LogP contribution >= 0.6 is 23.2 Å². The summed E-state index contributed by atoms with van der Waals surface area (Å²) in [6, 6.07) is 1.38. The van der Waals surface area contributed by atoms with Gasteiger partial charge >= 0.3 is 0 Å². The minimum atomic E-state index is -0.164. The molecule has 102 valence electrons. The standard InChI is InChI=1S/C14H15Cl2NO2/c1-14(5-3-2-4-6-14)11-9(17-8-18)7-10(19)12(15)13(11)16/h7,19H,2-6H2,1H3. The summed E-state index contributed by atoms with van der Waals surface area (Å²) in [7, 11) is 0. The number of carbonyl (C=O) groups excluding carboxylic acids is 1. The van der Waals surface area contributed by atoms with Gasteiger partial charge in [0.15, 0.2) is 0 Å². The van der Waals surface area contributed by atoms with Gasteiger partial charge in [0.25, 0.3) is 0 Å². The van der Waals surface area contributed by atoms with Crippen molar-refractivity contribution in [2.45, 2.75) is 44.4 Å². The number of isocyanates is 1. The minimum Gasteiger partial charge on any atom is -0.506 e. The number of phenolic OH excluding ortho intramolecular Hbond substituents is 1. The van der Waals surface area contributed by atoms with Crippen LogP contribution in [0.4, 0.5) is 5.69 Å². The lowest BCUT2D eigenvalue weighted by atomic mass is 9.70. The van der Waals surface area contributed by atoms with E-state index >= 15 is 0 Å². The Morgan fingerprint density at radius 2 is 1.89 bits per heavy atom. The first kappa shape index (κ1) is 14.4. The number of hydrogen-bond donors (Lipinski definition) is 1. The van der Waals surface area contributed by atoms with E-state index in [-0.39, 0.29) is 16.2 Å². The molecule has 3 nitrogen and oxygen atoms in total. The van der Waals surface area contributed by atoms with E-state index in [2.05, 4.69) is 11.9 Å². The molecule has 0 amide bonds. The molecule has 1 fully saturated rings. The number of hydrogen-bond acceptors (Lipinski definition) is 3. The highest BCUT2D eigenvalue weighted by Crippen LogP contribution is 2.50. The molecule has 0 radical (unpaired) electrons. The van der Waals surface area contributed by atoms with Crippen LogP contribution in [-0.2, 0) is 10.2 Å². The van der Waals surface area contributed by atoms with Crippen molar-refractivity contribution in [2.75, 3.05) is 0 Å². The van der Waals surface area contributed by atoms with Gasteiger partial charge in [-0.2, -0.15) is 4.99 Å². The Hall–Kier alpha value is -1.02. The monoisotopic (exact) mass is 299 g/mol. The van der Waals surface area contributed by atoms with Crippen LogP contribution in [0.2, 0.25) is 10.0 Å². The second kappa shape index (κ2) is 5.54. The smallest absolute Gasteiger partial charge is 0.240 e. The number of aromatic hydroxyl groups is 1. The van der Waals surface area contributed by atoms with Gasteiger partial charge in [0.05, 0.1) is 10.7 Å². The Labute approximate surface area is 122 Å². The largest absolute Gasteiger partial charge is 0.506 e. The maximum Gasteiger partial charge on any atom is 0.240 e. The SMILES string of the molecule is CC1(c2c(N=C=O)cc(O)c(Cl)c2Cl)CCCCC1. The van der Waals surface area contributed by atoms with Crippen molar-refractivity contribution >= 4 is 35.0 Å². The maximum atomic E-state index is 10.6. The number of benzene rings is 1. The average Bonchev–Trinajstić information content (AvgIpc) is 2.37. The fraction of sp³-hybridized carbons (Fsp3) is 0.500. The highest BCUT2D eigenvalue weighted by molar-refractivity contribution is 6.43. The van der Waals surface area contributed by atoms with Crippen molar-refractivity contribution in [2.24, 2.45) is 4.99 Å². The van der Waals surface area contributed by atoms with E-state index in [0.29, 0.717) is 10.7 Å². The Morgan fingerprint density at radius 1 is 1.26 bits per heavy atom. The summed E-state index contributed by atoms with van der Waals surface area (Å²) in [5.74, 6) is -0.163. The van der Waals surface area contributed by atoms with E-state index in [1.807, 2.05) is 0 Å². The molecule has 1 aromatic rings. The molecule has 1 aliphatic carbocycles. The van der Waals surface area contributed by atoms with Crippen LogP contribution in [0, 0.1) is 0 Å². The third-order valence-corrected chi connectivity index (χ3v) is 4.75. The Kier molecular flexibility index (Phi) is 4.19. The van der Waals surface area contributed by atoms with Gasteiger partial charge in [-0.1, -0.05) is 49.4 Å². The van der Waals surface area contributed by atoms with Crippen molar-refractivity contribution in [3.63, 3.8) is 0 Å². The molecule has 5 heteroatoms. The van der Waals surface area contributed by atoms with E-state index < -0.39 is 0 Å². The van der Waals surface area contributed by atoms with Crippen molar-refractivity contribution in [3.05, 3.63) is 21.7 Å². The van der Waals surface area contributed by atoms with Gasteiger partial charge in [-0.05, 0) is 18.3 Å². The van der Waals surface area contributed by atoms with Crippen LogP contribution < -0.4 is 0 Å². The second-order valence-electron chi connectivity index (χ2n) is 5.24. The molecule has 2 rings (SSSR count). The normalized spacial score (nSPS) is 17.8. The third-order valence-electron chi connectivity index (χ3n) is 3.89. The predicted octanol–water partition coefficient (Wildman–Crippen LogP) is 4.89. The molecule has 0 bridgehead atoms. The van der Waals surface area contributed by atoms with Crippen molar-refractivity contribution in [3.8, 4) is 5.75 Å². The Balaban J connectivity index is 2.66. The molecule has 0 spiro atoms. The van der Waals surface area contributed by atoms with Crippen LogP contribution in [0.5, 0.6) is 5.75 Å². The van der Waals surface area contributed by atoms with Crippen LogP contribution in [0.3, 0.4) is 0 Å². The molecule has 0 aromatic heterocycles. The zero-order valence-corrected chi connectivity index (χ0v) is 12.2. The molecular formula is C14H15Cl2NO2. The molecule has 0 aliphatic heterocycles. The molecule has 1 aromatic carbocycles. The molecule has 0 unspecified atom stereocenters. The maximum absolute atomic E-state index is 10.6. The summed E-state index contributed by atoms with van der Waals surface area (Å²) in [6.45, 7) is 2.10. The molecular weight excluding hydrogens is 285 g/mol. The Bertz CT molecular complexity index is 545. The predicted molar refractivity (Wildman–Crippen MR) is 76.3 cm³/mol. The van der Waals surface area contributed by atoms with Crippen LogP contribution in [0.15, 0.2) is 11.1 Å². The quantitative estimate of drug-likeness (QED) is 0.624. The highest BCUT2D eigenvalue weighted by Gasteiger charge is 2.34. The van der Waals surface area contributed by atoms with Gasteiger partial charge in [-0.3, -0.25) is 0 Å². The topological polar surface area (TPSA) is 49.7 Å². The summed E-state index contributed by atoms with van der Waals surface area (Å²) in [5.41, 5.74) is 0.953. The lowest BCUT2D eigenvalue weighted by molar-refractivity contribution is 0.320. The fourth-order valence-corrected chi connectivity index (χ4v) is 3.46. The van der Waals surface area contributed by atoms with Gasteiger partial charge in [-0.15, -0.1) is 0 Å². The Morgan fingerprint density at radius 3 is 2.47 bits per heavy atom. The summed E-state index contributed by atoms with van der Waals surface area (Å²) < 4.78 is 0. The number of halogens is 2. The number of nitrogens with zero attached hydrogens (tertiary/aromatic N) is 1. The van der Waals surface area contributed by atoms with Gasteiger partial charge < -0.3 is 5.11 Å². The molecule has 19 heavy (non-hydrogen) atoms. The van der Waals surface area contributed by atoms with Crippen molar-refractivity contribution in [1.82, 2.24) is 0 Å². The van der Waals surface area contributed by atoms with E-state index in [1.54, 1.807) is 0 Å². The third kappa shape index (κ3) is 2.64. The number of aliphatic imine (C=N–C) groups is 1. The number of rotatable bonds is 2. The highest BCUT2D eigenvalue weighted by atomic mass is 35.5. The van der Waals surface area contributed by atoms with Crippen LogP contribution in [0.1, 0.15) is 44.6 Å². The van der Waals surface area contributed by atoms with E-state index in [4.69, 9.17) is 23.2 Å². The van der Waals surface area contributed by atoms with E-state index in [0.717, 1.165) is 31.2 Å². The fourth-order valence-electron chi connectivity index (χ4n) is 2.89. The lowest BCUT2D eigenvalue weighted by Gasteiger charge is -2.35. The molecule has 0 heterocycles. The first-order valence-electron chi connectivity index (χ1n) is 6.29. The summed E-state index contributed by atoms with van der Waals surface area (Å²) in [5, 5.41) is 10.1. The van der Waals surface area contributed by atoms with Crippen LogP contribution in [-0.4, -0.2) is 11.2 Å². The van der Waals surface area contributed by atoms with Gasteiger partial charge in [0.1, 0.15) is 10.8 Å². The summed E-state index contributed by atoms with van der Waals surface area (Å²) >= 11 is 12.3. The van der Waals surface area contributed by atoms with Crippen LogP contribution in [0.25, 0.3) is 0 Å². The molecule has 0 saturated heterocycles. The van der Waals surface area contributed by atoms with E-state index in [9.17, 15) is 9.90 Å². The second-order valence-corrected chi connectivity index (χ2v) is 6.00. The summed E-state index contributed by atoms with van der Waals surface area (Å²) in [4.78, 5) is 14.3. The van der Waals surface area contributed by atoms with Crippen molar-refractivity contribution < 1.29 is 9.90 Å². The minimum absolute atomic E-state index is 0.119. The summed E-state index contributed by atoms with van der Waals surface area (Å²) in [6.07, 6.45) is 6.86. The van der Waals surface area contributed by atoms with Gasteiger partial charge in [0, 0.05) is 11.6 Å². The zero-order chi connectivity index (χ0) is 14.0. The number of phenols is 1. The molecule has 1 N–H and O–H groups in total. The van der Waals surface area contributed by atoms with Gasteiger partial charge in [0.2, 0.25) is 6.08 Å². The first-order chi connectivity index (χ1) is 8.99. The zero-order valence-electron chi connectivity index (χ0n) is 10.7. The first-order valence-corrected chi connectivity index (χ1v) is 7.04. The molecule has 1 saturated carbocycles. The van der Waals surface area contributed by atoms with Crippen molar-refractivity contribution in [1.29, 1.82) is 0 Å². The van der Waals surface area contributed by atoms with Gasteiger partial charge in [-0.25, -0.2) is 4.79 Å². The molecule has 1 aliphatic rings. The lowest BCUT2D eigenvalue weighted by Crippen LogP contribution is -2.25. The van der Waals surface area contributed by atoms with E-state index in [1.165, 1.54) is 18.6 Å². The average molecular weight is 300 g/mol. The molecule has 0 atom stereocenters.